The maximum absolute atomic E-state index is 9.06. The normalized spacial score (nSPS) is 10.6. The second-order valence-corrected chi connectivity index (χ2v) is 5.64. The molecule has 0 amide bonds. The third kappa shape index (κ3) is 4.52. The minimum atomic E-state index is -0.123. The summed E-state index contributed by atoms with van der Waals surface area (Å²) >= 11 is 0. The first-order chi connectivity index (χ1) is 13.2. The standard InChI is InChI=1S/C20H21N3O4/c1-2-14-4-3-5-15(10-14)23-20-16-11-18(26-8-6-24)19(27-9-7-25)12-17(16)21-13-22-20/h2-5,10-13,24-25H,1,6-9H2,(H,21,22,23). The predicted molar refractivity (Wildman–Crippen MR) is 105 cm³/mol. The minimum Gasteiger partial charge on any atom is -0.487 e. The number of aromatic nitrogens is 2. The molecular formula is C20H21N3O4. The molecular weight excluding hydrogens is 346 g/mol. The quantitative estimate of drug-likeness (QED) is 0.535. The van der Waals surface area contributed by atoms with Gasteiger partial charge in [0.1, 0.15) is 25.4 Å². The summed E-state index contributed by atoms with van der Waals surface area (Å²) in [5, 5.41) is 22.1. The Bertz CT molecular complexity index is 930. The van der Waals surface area contributed by atoms with Crippen molar-refractivity contribution < 1.29 is 19.7 Å². The lowest BCUT2D eigenvalue weighted by atomic mass is 10.1. The molecule has 0 unspecified atom stereocenters. The Balaban J connectivity index is 2.01. The monoisotopic (exact) mass is 367 g/mol. The van der Waals surface area contributed by atoms with Crippen molar-refractivity contribution in [3.8, 4) is 11.5 Å². The van der Waals surface area contributed by atoms with Crippen molar-refractivity contribution in [3.63, 3.8) is 0 Å². The zero-order chi connectivity index (χ0) is 19.1. The van der Waals surface area contributed by atoms with Crippen LogP contribution in [0.3, 0.4) is 0 Å². The molecule has 0 fully saturated rings. The molecule has 1 aromatic heterocycles. The Morgan fingerprint density at radius 2 is 1.74 bits per heavy atom. The van der Waals surface area contributed by atoms with Crippen molar-refractivity contribution in [2.75, 3.05) is 31.7 Å². The second kappa shape index (κ2) is 8.98. The molecule has 0 aliphatic rings. The highest BCUT2D eigenvalue weighted by molar-refractivity contribution is 5.93. The van der Waals surface area contributed by atoms with Crippen LogP contribution < -0.4 is 14.8 Å². The first-order valence-electron chi connectivity index (χ1n) is 8.50. The van der Waals surface area contributed by atoms with Gasteiger partial charge in [-0.3, -0.25) is 0 Å². The summed E-state index contributed by atoms with van der Waals surface area (Å²) in [6.45, 7) is 3.80. The molecule has 0 spiro atoms. The van der Waals surface area contributed by atoms with Crippen LogP contribution in [0.15, 0.2) is 49.3 Å². The van der Waals surface area contributed by atoms with Gasteiger partial charge in [-0.1, -0.05) is 24.8 Å². The Hall–Kier alpha value is -3.16. The molecule has 0 atom stereocenters. The molecule has 3 N–H and O–H groups in total. The molecule has 0 bridgehead atoms. The lowest BCUT2D eigenvalue weighted by Gasteiger charge is -2.14. The van der Waals surface area contributed by atoms with Gasteiger partial charge in [0.15, 0.2) is 11.5 Å². The number of hydrogen-bond acceptors (Lipinski definition) is 7. The van der Waals surface area contributed by atoms with Crippen LogP contribution in [0.5, 0.6) is 11.5 Å². The molecule has 1 heterocycles. The molecule has 2 aromatic carbocycles. The van der Waals surface area contributed by atoms with E-state index in [1.54, 1.807) is 18.2 Å². The van der Waals surface area contributed by atoms with Crippen LogP contribution >= 0.6 is 0 Å². The van der Waals surface area contributed by atoms with E-state index in [0.717, 1.165) is 16.6 Å². The number of hydrogen-bond donors (Lipinski definition) is 3. The Morgan fingerprint density at radius 1 is 1.00 bits per heavy atom. The summed E-state index contributed by atoms with van der Waals surface area (Å²) < 4.78 is 11.1. The van der Waals surface area contributed by atoms with Gasteiger partial charge in [-0.2, -0.15) is 0 Å². The number of rotatable bonds is 9. The molecule has 3 aromatic rings. The predicted octanol–water partition coefficient (Wildman–Crippen LogP) is 2.76. The van der Waals surface area contributed by atoms with Gasteiger partial charge in [0.2, 0.25) is 0 Å². The van der Waals surface area contributed by atoms with Gasteiger partial charge in [-0.25, -0.2) is 9.97 Å². The maximum Gasteiger partial charge on any atom is 0.163 e. The molecule has 7 nitrogen and oxygen atoms in total. The summed E-state index contributed by atoms with van der Waals surface area (Å²) in [4.78, 5) is 8.63. The van der Waals surface area contributed by atoms with E-state index in [1.165, 1.54) is 6.33 Å². The fourth-order valence-corrected chi connectivity index (χ4v) is 2.58. The van der Waals surface area contributed by atoms with E-state index in [0.29, 0.717) is 22.8 Å². The van der Waals surface area contributed by atoms with Gasteiger partial charge < -0.3 is 25.0 Å². The lowest BCUT2D eigenvalue weighted by Crippen LogP contribution is -2.07. The summed E-state index contributed by atoms with van der Waals surface area (Å²) in [5.41, 5.74) is 2.52. The highest BCUT2D eigenvalue weighted by Gasteiger charge is 2.12. The van der Waals surface area contributed by atoms with Crippen molar-refractivity contribution >= 4 is 28.5 Å². The molecule has 0 saturated heterocycles. The van der Waals surface area contributed by atoms with E-state index in [2.05, 4.69) is 21.9 Å². The van der Waals surface area contributed by atoms with Gasteiger partial charge in [-0.05, 0) is 23.8 Å². The first-order valence-corrected chi connectivity index (χ1v) is 8.50. The van der Waals surface area contributed by atoms with E-state index < -0.39 is 0 Å². The maximum atomic E-state index is 9.06. The highest BCUT2D eigenvalue weighted by atomic mass is 16.5. The van der Waals surface area contributed by atoms with E-state index in [1.807, 2.05) is 24.3 Å². The van der Waals surface area contributed by atoms with Crippen molar-refractivity contribution in [1.29, 1.82) is 0 Å². The van der Waals surface area contributed by atoms with Crippen LogP contribution in [0.2, 0.25) is 0 Å². The number of benzene rings is 2. The van der Waals surface area contributed by atoms with Crippen LogP contribution in [-0.4, -0.2) is 46.6 Å². The smallest absolute Gasteiger partial charge is 0.163 e. The van der Waals surface area contributed by atoms with Crippen molar-refractivity contribution in [2.24, 2.45) is 0 Å². The Labute approximate surface area is 156 Å². The summed E-state index contributed by atoms with van der Waals surface area (Å²) in [7, 11) is 0. The number of fused-ring (bicyclic) bond motifs is 1. The van der Waals surface area contributed by atoms with Crippen LogP contribution in [-0.2, 0) is 0 Å². The average molecular weight is 367 g/mol. The number of nitrogens with one attached hydrogen (secondary N) is 1. The van der Waals surface area contributed by atoms with Gasteiger partial charge >= 0.3 is 0 Å². The second-order valence-electron chi connectivity index (χ2n) is 5.64. The molecule has 0 aliphatic heterocycles. The van der Waals surface area contributed by atoms with Gasteiger partial charge in [0, 0.05) is 17.1 Å². The van der Waals surface area contributed by atoms with Crippen LogP contribution in [0.4, 0.5) is 11.5 Å². The molecule has 0 radical (unpaired) electrons. The van der Waals surface area contributed by atoms with E-state index in [9.17, 15) is 0 Å². The molecule has 140 valence electrons. The third-order valence-corrected chi connectivity index (χ3v) is 3.78. The van der Waals surface area contributed by atoms with Crippen LogP contribution in [0, 0.1) is 0 Å². The zero-order valence-corrected chi connectivity index (χ0v) is 14.8. The third-order valence-electron chi connectivity index (χ3n) is 3.78. The van der Waals surface area contributed by atoms with Gasteiger partial charge in [-0.15, -0.1) is 0 Å². The van der Waals surface area contributed by atoms with Crippen molar-refractivity contribution in [3.05, 3.63) is 54.9 Å². The largest absolute Gasteiger partial charge is 0.487 e. The Kier molecular flexibility index (Phi) is 6.19. The number of aliphatic hydroxyl groups excluding tert-OH is 2. The number of nitrogens with zero attached hydrogens (tertiary/aromatic N) is 2. The SMILES string of the molecule is C=Cc1cccc(Nc2ncnc3cc(OCCO)c(OCCO)cc23)c1. The molecule has 3 rings (SSSR count). The number of ether oxygens (including phenoxy) is 2. The van der Waals surface area contributed by atoms with Crippen LogP contribution in [0.25, 0.3) is 17.0 Å². The first kappa shape index (κ1) is 18.6. The van der Waals surface area contributed by atoms with Gasteiger partial charge in [0.05, 0.1) is 18.7 Å². The highest BCUT2D eigenvalue weighted by Crippen LogP contribution is 2.35. The topological polar surface area (TPSA) is 96.7 Å². The van der Waals surface area contributed by atoms with E-state index in [-0.39, 0.29) is 26.4 Å². The van der Waals surface area contributed by atoms with Crippen molar-refractivity contribution in [2.45, 2.75) is 0 Å². The summed E-state index contributed by atoms with van der Waals surface area (Å²) in [5.74, 6) is 1.51. The fraction of sp³-hybridized carbons (Fsp3) is 0.200. The van der Waals surface area contributed by atoms with Crippen LogP contribution in [0.1, 0.15) is 5.56 Å². The van der Waals surface area contributed by atoms with Crippen molar-refractivity contribution in [1.82, 2.24) is 9.97 Å². The molecule has 0 saturated carbocycles. The summed E-state index contributed by atoms with van der Waals surface area (Å²) in [6, 6.07) is 11.3. The zero-order valence-electron chi connectivity index (χ0n) is 14.8. The Morgan fingerprint density at radius 3 is 2.44 bits per heavy atom. The van der Waals surface area contributed by atoms with E-state index in [4.69, 9.17) is 19.7 Å². The minimum absolute atomic E-state index is 0.117. The van der Waals surface area contributed by atoms with E-state index >= 15 is 0 Å². The fourth-order valence-electron chi connectivity index (χ4n) is 2.58. The number of anilines is 2. The van der Waals surface area contributed by atoms with Gasteiger partial charge in [0.25, 0.3) is 0 Å². The number of aliphatic hydroxyl groups is 2. The molecule has 7 heteroatoms. The lowest BCUT2D eigenvalue weighted by molar-refractivity contribution is 0.178. The molecule has 27 heavy (non-hydrogen) atoms. The average Bonchev–Trinajstić information content (AvgIpc) is 2.71. The molecule has 0 aliphatic carbocycles. The summed E-state index contributed by atoms with van der Waals surface area (Å²) in [6.07, 6.45) is 3.24.